The summed E-state index contributed by atoms with van der Waals surface area (Å²) in [5, 5.41) is 7.45. The van der Waals surface area contributed by atoms with E-state index in [2.05, 4.69) is 10.4 Å². The van der Waals surface area contributed by atoms with Crippen LogP contribution in [0.4, 0.5) is 13.2 Å². The van der Waals surface area contributed by atoms with E-state index in [1.165, 1.54) is 22.9 Å². The monoisotopic (exact) mass is 509 g/mol. The maximum atomic E-state index is 14.8. The molecule has 0 radical (unpaired) electrons. The summed E-state index contributed by atoms with van der Waals surface area (Å²) in [4.78, 5) is 13.4. The van der Waals surface area contributed by atoms with Crippen LogP contribution in [0.25, 0.3) is 5.69 Å². The van der Waals surface area contributed by atoms with E-state index in [1.54, 1.807) is 6.07 Å². The number of rotatable bonds is 7. The molecule has 1 N–H and O–H groups in total. The molecular formula is C28H23ClF3N3O. The fourth-order valence-corrected chi connectivity index (χ4v) is 5.13. The Bertz CT molecular complexity index is 1410. The molecule has 1 heterocycles. The molecule has 3 aromatic carbocycles. The van der Waals surface area contributed by atoms with Gasteiger partial charge in [-0.25, -0.2) is 17.9 Å². The van der Waals surface area contributed by atoms with Crippen molar-refractivity contribution >= 4 is 17.5 Å². The predicted octanol–water partition coefficient (Wildman–Crippen LogP) is 6.27. The van der Waals surface area contributed by atoms with Crippen LogP contribution in [0.15, 0.2) is 72.8 Å². The topological polar surface area (TPSA) is 46.9 Å². The van der Waals surface area contributed by atoms with Crippen molar-refractivity contribution in [2.75, 3.05) is 5.88 Å². The van der Waals surface area contributed by atoms with Gasteiger partial charge in [0.1, 0.15) is 17.3 Å². The van der Waals surface area contributed by atoms with Crippen molar-refractivity contribution in [2.45, 2.75) is 31.2 Å². The first-order valence-electron chi connectivity index (χ1n) is 11.7. The second-order valence-corrected chi connectivity index (χ2v) is 9.19. The summed E-state index contributed by atoms with van der Waals surface area (Å²) in [6.45, 7) is 0. The molecule has 8 heteroatoms. The fraction of sp³-hybridized carbons (Fsp3) is 0.214. The molecule has 1 aromatic heterocycles. The largest absolute Gasteiger partial charge is 0.343 e. The number of hydrogen-bond acceptors (Lipinski definition) is 2. The number of amides is 1. The summed E-state index contributed by atoms with van der Waals surface area (Å²) >= 11 is 6.16. The van der Waals surface area contributed by atoms with Gasteiger partial charge < -0.3 is 5.32 Å². The first kappa shape index (κ1) is 24.1. The summed E-state index contributed by atoms with van der Waals surface area (Å²) in [6, 6.07) is 18.5. The molecule has 0 saturated carbocycles. The van der Waals surface area contributed by atoms with Gasteiger partial charge in [0.05, 0.1) is 11.7 Å². The van der Waals surface area contributed by atoms with Crippen LogP contribution < -0.4 is 5.32 Å². The quantitative estimate of drug-likeness (QED) is 0.298. The Morgan fingerprint density at radius 1 is 1.03 bits per heavy atom. The molecule has 5 rings (SSSR count). The van der Waals surface area contributed by atoms with Gasteiger partial charge in [-0.15, -0.1) is 11.6 Å². The maximum absolute atomic E-state index is 14.8. The summed E-state index contributed by atoms with van der Waals surface area (Å²) in [7, 11) is 0. The van der Waals surface area contributed by atoms with Crippen molar-refractivity contribution in [1.29, 1.82) is 0 Å². The molecule has 2 atom stereocenters. The van der Waals surface area contributed by atoms with Crippen LogP contribution >= 0.6 is 11.6 Å². The number of halogens is 4. The molecule has 4 aromatic rings. The van der Waals surface area contributed by atoms with Crippen LogP contribution in [0.1, 0.15) is 51.3 Å². The van der Waals surface area contributed by atoms with E-state index in [9.17, 15) is 18.0 Å². The molecule has 0 saturated heterocycles. The molecule has 0 spiro atoms. The van der Waals surface area contributed by atoms with Gasteiger partial charge in [-0.3, -0.25) is 4.79 Å². The van der Waals surface area contributed by atoms with Crippen LogP contribution in [-0.4, -0.2) is 21.6 Å². The highest BCUT2D eigenvalue weighted by molar-refractivity contribution is 6.18. The molecule has 1 aliphatic rings. The first-order valence-corrected chi connectivity index (χ1v) is 12.2. The lowest BCUT2D eigenvalue weighted by atomic mass is 9.97. The summed E-state index contributed by atoms with van der Waals surface area (Å²) in [5.41, 5.74) is 3.26. The molecule has 1 aliphatic carbocycles. The molecular weight excluding hydrogens is 487 g/mol. The van der Waals surface area contributed by atoms with E-state index in [4.69, 9.17) is 11.6 Å². The number of benzene rings is 3. The third-order valence-electron chi connectivity index (χ3n) is 6.54. The second kappa shape index (κ2) is 10.2. The molecule has 184 valence electrons. The smallest absolute Gasteiger partial charge is 0.272 e. The highest BCUT2D eigenvalue weighted by Gasteiger charge is 2.35. The lowest BCUT2D eigenvalue weighted by molar-refractivity contribution is 0.0934. The normalized spacial score (nSPS) is 15.5. The predicted molar refractivity (Wildman–Crippen MR) is 132 cm³/mol. The molecule has 36 heavy (non-hydrogen) atoms. The second-order valence-electron chi connectivity index (χ2n) is 8.88. The van der Waals surface area contributed by atoms with E-state index >= 15 is 0 Å². The Balaban J connectivity index is 1.54. The van der Waals surface area contributed by atoms with Crippen LogP contribution in [-0.2, 0) is 12.8 Å². The van der Waals surface area contributed by atoms with Crippen molar-refractivity contribution in [3.05, 3.63) is 118 Å². The zero-order valence-corrected chi connectivity index (χ0v) is 20.0. The minimum absolute atomic E-state index is 0.0507. The number of hydrogen-bond donors (Lipinski definition) is 1. The van der Waals surface area contributed by atoms with Gasteiger partial charge >= 0.3 is 0 Å². The fourth-order valence-electron chi connectivity index (χ4n) is 4.87. The first-order chi connectivity index (χ1) is 17.4. The van der Waals surface area contributed by atoms with Crippen molar-refractivity contribution in [2.24, 2.45) is 0 Å². The lowest BCUT2D eigenvalue weighted by Crippen LogP contribution is -2.30. The van der Waals surface area contributed by atoms with Gasteiger partial charge in [0.2, 0.25) is 0 Å². The van der Waals surface area contributed by atoms with Crippen molar-refractivity contribution in [1.82, 2.24) is 15.1 Å². The summed E-state index contributed by atoms with van der Waals surface area (Å²) in [5.74, 6) is -2.22. The minimum Gasteiger partial charge on any atom is -0.343 e. The number of nitrogens with zero attached hydrogens (tertiary/aromatic N) is 2. The Morgan fingerprint density at radius 2 is 1.81 bits per heavy atom. The van der Waals surface area contributed by atoms with Gasteiger partial charge in [0, 0.05) is 23.4 Å². The number of carbonyl (C=O) groups is 1. The van der Waals surface area contributed by atoms with Crippen molar-refractivity contribution in [3.8, 4) is 5.69 Å². The van der Waals surface area contributed by atoms with Crippen LogP contribution in [0.5, 0.6) is 0 Å². The van der Waals surface area contributed by atoms with Gasteiger partial charge in [-0.2, -0.15) is 5.10 Å². The zero-order chi connectivity index (χ0) is 25.2. The number of nitrogens with one attached hydrogen (secondary N) is 1. The van der Waals surface area contributed by atoms with Crippen molar-refractivity contribution < 1.29 is 18.0 Å². The molecule has 0 fully saturated rings. The van der Waals surface area contributed by atoms with Crippen LogP contribution in [0, 0.1) is 17.5 Å². The molecule has 4 nitrogen and oxygen atoms in total. The average Bonchev–Trinajstić information content (AvgIpc) is 3.44. The van der Waals surface area contributed by atoms with Crippen LogP contribution in [0.2, 0.25) is 0 Å². The van der Waals surface area contributed by atoms with E-state index in [-0.39, 0.29) is 29.0 Å². The highest BCUT2D eigenvalue weighted by atomic mass is 35.5. The number of fused-ring (bicyclic) bond motifs is 1. The average molecular weight is 510 g/mol. The number of alkyl halides is 1. The Hall–Kier alpha value is -3.58. The molecule has 1 amide bonds. The Morgan fingerprint density at radius 3 is 2.53 bits per heavy atom. The molecule has 0 aliphatic heterocycles. The SMILES string of the molecule is O=C(N[C@@H](CCl)c1ccccc1)c1nn(-c2ccc(F)cc2F)c2c1CCC2Cc1cccc(F)c1. The van der Waals surface area contributed by atoms with Crippen molar-refractivity contribution in [3.63, 3.8) is 0 Å². The summed E-state index contributed by atoms with van der Waals surface area (Å²) < 4.78 is 43.7. The Labute approximate surface area is 211 Å². The van der Waals surface area contributed by atoms with Gasteiger partial charge in [-0.05, 0) is 54.7 Å². The van der Waals surface area contributed by atoms with Gasteiger partial charge in [-0.1, -0.05) is 42.5 Å². The van der Waals surface area contributed by atoms with Gasteiger partial charge in [0.25, 0.3) is 5.91 Å². The third kappa shape index (κ3) is 4.75. The van der Waals surface area contributed by atoms with E-state index < -0.39 is 23.6 Å². The van der Waals surface area contributed by atoms with Crippen LogP contribution in [0.3, 0.4) is 0 Å². The zero-order valence-electron chi connectivity index (χ0n) is 19.2. The van der Waals surface area contributed by atoms with E-state index in [0.29, 0.717) is 30.5 Å². The number of carbonyl (C=O) groups excluding carboxylic acids is 1. The molecule has 1 unspecified atom stereocenters. The Kier molecular flexibility index (Phi) is 6.83. The minimum atomic E-state index is -0.786. The molecule has 0 bridgehead atoms. The number of aromatic nitrogens is 2. The lowest BCUT2D eigenvalue weighted by Gasteiger charge is -2.16. The highest BCUT2D eigenvalue weighted by Crippen LogP contribution is 2.39. The summed E-state index contributed by atoms with van der Waals surface area (Å²) in [6.07, 6.45) is 1.73. The third-order valence-corrected chi connectivity index (χ3v) is 6.85. The standard InChI is InChI=1S/C28H23ClF3N3O/c29-16-24(18-6-2-1-3-7-18)33-28(36)26-22-11-9-19(13-17-5-4-8-20(30)14-17)27(22)35(34-26)25-12-10-21(31)15-23(25)32/h1-8,10,12,14-15,19,24H,9,11,13,16H2,(H,33,36)/t19?,24-/m0/s1. The van der Waals surface area contributed by atoms with Gasteiger partial charge in [0.15, 0.2) is 11.5 Å². The maximum Gasteiger partial charge on any atom is 0.272 e. The van der Waals surface area contributed by atoms with E-state index in [0.717, 1.165) is 23.3 Å². The van der Waals surface area contributed by atoms with E-state index in [1.807, 2.05) is 36.4 Å².